The summed E-state index contributed by atoms with van der Waals surface area (Å²) in [5.41, 5.74) is 0.425. The van der Waals surface area contributed by atoms with Gasteiger partial charge in [0.1, 0.15) is 11.9 Å². The first kappa shape index (κ1) is 22.9. The van der Waals surface area contributed by atoms with Crippen LogP contribution < -0.4 is 5.32 Å². The zero-order valence-corrected chi connectivity index (χ0v) is 14.4. The minimum atomic E-state index is -4.23. The van der Waals surface area contributed by atoms with Crippen molar-refractivity contribution in [2.45, 2.75) is 25.1 Å². The van der Waals surface area contributed by atoms with Gasteiger partial charge in [0.2, 0.25) is 0 Å². The van der Waals surface area contributed by atoms with E-state index in [0.29, 0.717) is 31.7 Å². The van der Waals surface area contributed by atoms with Crippen LogP contribution >= 0.6 is 24.8 Å². The van der Waals surface area contributed by atoms with Gasteiger partial charge in [0.25, 0.3) is 0 Å². The average molecular weight is 388 g/mol. The predicted molar refractivity (Wildman–Crippen MR) is 88.1 cm³/mol. The van der Waals surface area contributed by atoms with Crippen molar-refractivity contribution in [3.63, 3.8) is 0 Å². The van der Waals surface area contributed by atoms with Gasteiger partial charge in [-0.3, -0.25) is 4.90 Å². The Balaban J connectivity index is 0.00000264. The maximum Gasteiger partial charge on any atom is 0.389 e. The molecule has 1 N–H and O–H groups in total. The first-order valence-corrected chi connectivity index (χ1v) is 7.12. The van der Waals surface area contributed by atoms with E-state index in [9.17, 15) is 17.6 Å². The van der Waals surface area contributed by atoms with Gasteiger partial charge in [-0.15, -0.1) is 24.8 Å². The van der Waals surface area contributed by atoms with Gasteiger partial charge in [-0.25, -0.2) is 4.39 Å². The van der Waals surface area contributed by atoms with Crippen molar-refractivity contribution in [1.29, 1.82) is 5.26 Å². The van der Waals surface area contributed by atoms with Crippen molar-refractivity contribution in [2.75, 3.05) is 26.2 Å². The molecule has 3 nitrogen and oxygen atoms in total. The van der Waals surface area contributed by atoms with Crippen LogP contribution in [0.15, 0.2) is 18.2 Å². The Labute approximate surface area is 150 Å². The first-order chi connectivity index (χ1) is 10.4. The van der Waals surface area contributed by atoms with Crippen molar-refractivity contribution in [3.8, 4) is 6.07 Å². The number of alkyl halides is 3. The molecule has 1 aliphatic rings. The Morgan fingerprint density at radius 2 is 1.83 bits per heavy atom. The third kappa shape index (κ3) is 6.44. The van der Waals surface area contributed by atoms with Crippen LogP contribution in [0.25, 0.3) is 0 Å². The summed E-state index contributed by atoms with van der Waals surface area (Å²) in [5, 5.41) is 12.0. The molecule has 0 radical (unpaired) electrons. The molecular formula is C15H19Cl2F4N3. The summed E-state index contributed by atoms with van der Waals surface area (Å²) in [6.07, 6.45) is -5.23. The fraction of sp³-hybridized carbons (Fsp3) is 0.533. The lowest BCUT2D eigenvalue weighted by Gasteiger charge is -2.35. The summed E-state index contributed by atoms with van der Waals surface area (Å²) in [6.45, 7) is 2.66. The molecule has 0 amide bonds. The number of piperazine rings is 1. The maximum absolute atomic E-state index is 13.4. The van der Waals surface area contributed by atoms with Crippen LogP contribution in [0.5, 0.6) is 0 Å². The minimum Gasteiger partial charge on any atom is -0.314 e. The SMILES string of the molecule is Cl.Cl.N#Cc1cc([C@@H](CCC(F)(F)F)N2CCNCC2)ccc1F. The van der Waals surface area contributed by atoms with Crippen LogP contribution in [0, 0.1) is 17.1 Å². The molecule has 0 unspecified atom stereocenters. The molecule has 0 spiro atoms. The summed E-state index contributed by atoms with van der Waals surface area (Å²) in [6, 6.07) is 5.26. The highest BCUT2D eigenvalue weighted by atomic mass is 35.5. The molecule has 24 heavy (non-hydrogen) atoms. The topological polar surface area (TPSA) is 39.1 Å². The van der Waals surface area contributed by atoms with Gasteiger partial charge < -0.3 is 5.32 Å². The van der Waals surface area contributed by atoms with E-state index in [1.54, 1.807) is 6.07 Å². The van der Waals surface area contributed by atoms with Crippen LogP contribution in [-0.4, -0.2) is 37.3 Å². The van der Waals surface area contributed by atoms with Crippen LogP contribution in [-0.2, 0) is 0 Å². The summed E-state index contributed by atoms with van der Waals surface area (Å²) in [7, 11) is 0. The molecular weight excluding hydrogens is 369 g/mol. The van der Waals surface area contributed by atoms with E-state index in [2.05, 4.69) is 5.32 Å². The molecule has 0 bridgehead atoms. The number of hydrogen-bond acceptors (Lipinski definition) is 3. The van der Waals surface area contributed by atoms with E-state index in [-0.39, 0.29) is 36.8 Å². The van der Waals surface area contributed by atoms with E-state index in [0.717, 1.165) is 6.07 Å². The van der Waals surface area contributed by atoms with E-state index < -0.39 is 24.5 Å². The standard InChI is InChI=1S/C15H17F4N3.2ClH/c16-13-2-1-11(9-12(13)10-20)14(3-4-15(17,18)19)22-7-5-21-6-8-22;;/h1-2,9,14,21H,3-8H2;2*1H/t14-;;/m1../s1. The number of halogens is 6. The van der Waals surface area contributed by atoms with Gasteiger partial charge in [0.05, 0.1) is 5.56 Å². The fourth-order valence-corrected chi connectivity index (χ4v) is 2.69. The second-order valence-corrected chi connectivity index (χ2v) is 5.31. The maximum atomic E-state index is 13.4. The molecule has 1 saturated heterocycles. The van der Waals surface area contributed by atoms with Crippen molar-refractivity contribution in [3.05, 3.63) is 35.1 Å². The zero-order chi connectivity index (χ0) is 16.2. The molecule has 1 atom stereocenters. The number of nitrogens with zero attached hydrogens (tertiary/aromatic N) is 2. The molecule has 9 heteroatoms. The number of nitrogens with one attached hydrogen (secondary N) is 1. The quantitative estimate of drug-likeness (QED) is 0.797. The van der Waals surface area contributed by atoms with Crippen molar-refractivity contribution in [2.24, 2.45) is 0 Å². The number of benzene rings is 1. The van der Waals surface area contributed by atoms with E-state index in [1.165, 1.54) is 12.1 Å². The first-order valence-electron chi connectivity index (χ1n) is 7.12. The highest BCUT2D eigenvalue weighted by molar-refractivity contribution is 5.85. The molecule has 1 aromatic rings. The number of hydrogen-bond donors (Lipinski definition) is 1. The van der Waals surface area contributed by atoms with Gasteiger partial charge in [-0.2, -0.15) is 18.4 Å². The van der Waals surface area contributed by atoms with Crippen LogP contribution in [0.4, 0.5) is 17.6 Å². The number of rotatable bonds is 4. The summed E-state index contributed by atoms with van der Waals surface area (Å²) >= 11 is 0. The Kier molecular flexibility index (Phi) is 9.59. The second-order valence-electron chi connectivity index (χ2n) is 5.31. The van der Waals surface area contributed by atoms with Crippen LogP contribution in [0.2, 0.25) is 0 Å². The summed E-state index contributed by atoms with van der Waals surface area (Å²) < 4.78 is 51.1. The summed E-state index contributed by atoms with van der Waals surface area (Å²) in [5.74, 6) is -0.652. The molecule has 1 aliphatic heterocycles. The monoisotopic (exact) mass is 387 g/mol. The molecule has 0 aliphatic carbocycles. The predicted octanol–water partition coefficient (Wildman–Crippen LogP) is 3.83. The molecule has 136 valence electrons. The molecule has 1 fully saturated rings. The van der Waals surface area contributed by atoms with E-state index in [4.69, 9.17) is 5.26 Å². The highest BCUT2D eigenvalue weighted by Crippen LogP contribution is 2.32. The summed E-state index contributed by atoms with van der Waals surface area (Å²) in [4.78, 5) is 1.95. The van der Waals surface area contributed by atoms with E-state index >= 15 is 0 Å². The Morgan fingerprint density at radius 1 is 1.21 bits per heavy atom. The van der Waals surface area contributed by atoms with Gasteiger partial charge in [-0.1, -0.05) is 6.07 Å². The van der Waals surface area contributed by atoms with Crippen LogP contribution in [0.1, 0.15) is 30.0 Å². The lowest BCUT2D eigenvalue weighted by atomic mass is 9.97. The fourth-order valence-electron chi connectivity index (χ4n) is 2.69. The molecule has 1 heterocycles. The lowest BCUT2D eigenvalue weighted by Crippen LogP contribution is -2.45. The third-order valence-corrected chi connectivity index (χ3v) is 3.79. The lowest BCUT2D eigenvalue weighted by molar-refractivity contribution is -0.138. The van der Waals surface area contributed by atoms with Gasteiger partial charge in [0, 0.05) is 38.6 Å². The minimum absolute atomic E-state index is 0. The molecule has 1 aromatic carbocycles. The van der Waals surface area contributed by atoms with Crippen molar-refractivity contribution >= 4 is 24.8 Å². The normalized spacial score (nSPS) is 16.5. The molecule has 0 aromatic heterocycles. The van der Waals surface area contributed by atoms with Gasteiger partial charge in [0.15, 0.2) is 0 Å². The highest BCUT2D eigenvalue weighted by Gasteiger charge is 2.31. The Bertz CT molecular complexity index is 555. The third-order valence-electron chi connectivity index (χ3n) is 3.79. The smallest absolute Gasteiger partial charge is 0.314 e. The Hall–Kier alpha value is -1.07. The largest absolute Gasteiger partial charge is 0.389 e. The van der Waals surface area contributed by atoms with E-state index in [1.807, 2.05) is 4.90 Å². The van der Waals surface area contributed by atoms with Crippen molar-refractivity contribution in [1.82, 2.24) is 10.2 Å². The van der Waals surface area contributed by atoms with Crippen molar-refractivity contribution < 1.29 is 17.6 Å². The number of nitriles is 1. The average Bonchev–Trinajstić information content (AvgIpc) is 2.49. The van der Waals surface area contributed by atoms with Gasteiger partial charge in [-0.05, 0) is 24.1 Å². The Morgan fingerprint density at radius 3 is 2.38 bits per heavy atom. The zero-order valence-electron chi connectivity index (χ0n) is 12.8. The van der Waals surface area contributed by atoms with Gasteiger partial charge >= 0.3 is 6.18 Å². The molecule has 0 saturated carbocycles. The second kappa shape index (κ2) is 10.0. The van der Waals surface area contributed by atoms with Crippen LogP contribution in [0.3, 0.4) is 0 Å². The molecule has 2 rings (SSSR count).